The molecule has 0 amide bonds. The first-order chi connectivity index (χ1) is 5.81. The maximum atomic E-state index is 11.6. The van der Waals surface area contributed by atoms with Crippen LogP contribution in [0.25, 0.3) is 0 Å². The second-order valence-corrected chi connectivity index (χ2v) is 6.42. The van der Waals surface area contributed by atoms with Crippen molar-refractivity contribution in [3.63, 3.8) is 0 Å². The highest BCUT2D eigenvalue weighted by molar-refractivity contribution is 7.92. The molecule has 4 heteroatoms. The minimum Gasteiger partial charge on any atom is -0.327 e. The summed E-state index contributed by atoms with van der Waals surface area (Å²) >= 11 is 0. The van der Waals surface area contributed by atoms with Gasteiger partial charge in [-0.15, -0.1) is 0 Å². The molecule has 0 aliphatic heterocycles. The molecule has 0 fully saturated rings. The van der Waals surface area contributed by atoms with Crippen molar-refractivity contribution in [1.82, 2.24) is 0 Å². The molecule has 2 N–H and O–H groups in total. The second-order valence-electron chi connectivity index (χ2n) is 3.96. The highest BCUT2D eigenvalue weighted by Gasteiger charge is 2.23. The summed E-state index contributed by atoms with van der Waals surface area (Å²) < 4.78 is 23.2. The maximum Gasteiger partial charge on any atom is 0.154 e. The minimum absolute atomic E-state index is 0.111. The van der Waals surface area contributed by atoms with E-state index in [2.05, 4.69) is 0 Å². The van der Waals surface area contributed by atoms with Crippen LogP contribution in [0, 0.1) is 5.92 Å². The summed E-state index contributed by atoms with van der Waals surface area (Å²) in [6.07, 6.45) is 0.660. The Labute approximate surface area is 81.6 Å². The van der Waals surface area contributed by atoms with Gasteiger partial charge < -0.3 is 5.73 Å². The Hall–Kier alpha value is -0.0900. The zero-order valence-corrected chi connectivity index (χ0v) is 9.76. The second kappa shape index (κ2) is 4.96. The standard InChI is InChI=1S/C9H21NO2S/c1-5-8(4)13(11,12)6-9(10)7(2)3/h7-9H,5-6,10H2,1-4H3. The molecule has 0 aromatic rings. The monoisotopic (exact) mass is 207 g/mol. The maximum absolute atomic E-state index is 11.6. The highest BCUT2D eigenvalue weighted by Crippen LogP contribution is 2.10. The van der Waals surface area contributed by atoms with E-state index in [1.165, 1.54) is 0 Å². The quantitative estimate of drug-likeness (QED) is 0.736. The fourth-order valence-electron chi connectivity index (χ4n) is 0.879. The zero-order valence-electron chi connectivity index (χ0n) is 8.95. The summed E-state index contributed by atoms with van der Waals surface area (Å²) in [6, 6.07) is -0.237. The molecule has 13 heavy (non-hydrogen) atoms. The lowest BCUT2D eigenvalue weighted by Crippen LogP contribution is -2.37. The topological polar surface area (TPSA) is 60.2 Å². The summed E-state index contributed by atoms with van der Waals surface area (Å²) in [5, 5.41) is -0.266. The lowest BCUT2D eigenvalue weighted by molar-refractivity contribution is 0.511. The van der Waals surface area contributed by atoms with E-state index < -0.39 is 9.84 Å². The van der Waals surface area contributed by atoms with Crippen LogP contribution in [0.3, 0.4) is 0 Å². The number of nitrogens with two attached hydrogens (primary N) is 1. The Kier molecular flexibility index (Phi) is 4.92. The molecule has 0 spiro atoms. The first-order valence-corrected chi connectivity index (χ1v) is 6.50. The van der Waals surface area contributed by atoms with Gasteiger partial charge in [0, 0.05) is 6.04 Å². The van der Waals surface area contributed by atoms with Crippen LogP contribution < -0.4 is 5.73 Å². The average molecular weight is 207 g/mol. The predicted octanol–water partition coefficient (Wildman–Crippen LogP) is 1.18. The van der Waals surface area contributed by atoms with Crippen LogP contribution in [0.5, 0.6) is 0 Å². The summed E-state index contributed by atoms with van der Waals surface area (Å²) in [4.78, 5) is 0. The lowest BCUT2D eigenvalue weighted by atomic mass is 10.1. The van der Waals surface area contributed by atoms with E-state index in [1.54, 1.807) is 6.92 Å². The van der Waals surface area contributed by atoms with Crippen molar-refractivity contribution in [3.05, 3.63) is 0 Å². The Morgan fingerprint density at radius 1 is 1.23 bits per heavy atom. The number of hydrogen-bond acceptors (Lipinski definition) is 3. The van der Waals surface area contributed by atoms with E-state index in [0.29, 0.717) is 6.42 Å². The van der Waals surface area contributed by atoms with Crippen molar-refractivity contribution >= 4 is 9.84 Å². The molecular weight excluding hydrogens is 186 g/mol. The fraction of sp³-hybridized carbons (Fsp3) is 1.00. The molecule has 80 valence electrons. The summed E-state index contributed by atoms with van der Waals surface area (Å²) in [5.41, 5.74) is 5.72. The molecule has 0 saturated carbocycles. The van der Waals surface area contributed by atoms with Gasteiger partial charge in [0.15, 0.2) is 9.84 Å². The third-order valence-electron chi connectivity index (χ3n) is 2.47. The van der Waals surface area contributed by atoms with Gasteiger partial charge in [-0.25, -0.2) is 8.42 Å². The lowest BCUT2D eigenvalue weighted by Gasteiger charge is -2.18. The van der Waals surface area contributed by atoms with Crippen molar-refractivity contribution in [2.75, 3.05) is 5.75 Å². The van der Waals surface area contributed by atoms with Crippen LogP contribution in [0.2, 0.25) is 0 Å². The molecule has 2 unspecified atom stereocenters. The molecule has 0 heterocycles. The smallest absolute Gasteiger partial charge is 0.154 e. The van der Waals surface area contributed by atoms with Crippen LogP contribution in [-0.4, -0.2) is 25.5 Å². The van der Waals surface area contributed by atoms with E-state index >= 15 is 0 Å². The Bertz CT molecular complexity index is 234. The first-order valence-electron chi connectivity index (χ1n) is 4.78. The van der Waals surface area contributed by atoms with Gasteiger partial charge in [0.1, 0.15) is 0 Å². The summed E-state index contributed by atoms with van der Waals surface area (Å²) in [7, 11) is -2.98. The Morgan fingerprint density at radius 2 is 1.69 bits per heavy atom. The van der Waals surface area contributed by atoms with Gasteiger partial charge in [-0.3, -0.25) is 0 Å². The van der Waals surface area contributed by atoms with E-state index in [4.69, 9.17) is 5.73 Å². The Balaban J connectivity index is 4.35. The van der Waals surface area contributed by atoms with Crippen molar-refractivity contribution in [1.29, 1.82) is 0 Å². The van der Waals surface area contributed by atoms with Crippen molar-refractivity contribution in [2.45, 2.75) is 45.4 Å². The van der Waals surface area contributed by atoms with E-state index in [1.807, 2.05) is 20.8 Å². The molecule has 0 rings (SSSR count). The first kappa shape index (κ1) is 12.9. The number of sulfone groups is 1. The molecule has 0 aromatic carbocycles. The molecule has 0 bridgehead atoms. The van der Waals surface area contributed by atoms with E-state index in [-0.39, 0.29) is 23.0 Å². The number of rotatable bonds is 5. The van der Waals surface area contributed by atoms with E-state index in [0.717, 1.165) is 0 Å². The zero-order chi connectivity index (χ0) is 10.6. The van der Waals surface area contributed by atoms with E-state index in [9.17, 15) is 8.42 Å². The summed E-state index contributed by atoms with van der Waals surface area (Å²) in [5.74, 6) is 0.332. The van der Waals surface area contributed by atoms with Crippen LogP contribution >= 0.6 is 0 Å². The van der Waals surface area contributed by atoms with Gasteiger partial charge in [0.05, 0.1) is 11.0 Å². The molecule has 3 nitrogen and oxygen atoms in total. The molecule has 0 aliphatic carbocycles. The van der Waals surface area contributed by atoms with Crippen LogP contribution in [0.15, 0.2) is 0 Å². The molecule has 2 atom stereocenters. The van der Waals surface area contributed by atoms with Crippen molar-refractivity contribution in [3.8, 4) is 0 Å². The fourth-order valence-corrected chi connectivity index (χ4v) is 2.64. The normalized spacial score (nSPS) is 17.4. The Morgan fingerprint density at radius 3 is 2.00 bits per heavy atom. The van der Waals surface area contributed by atoms with Gasteiger partial charge in [-0.05, 0) is 19.3 Å². The third-order valence-corrected chi connectivity index (χ3v) is 4.88. The largest absolute Gasteiger partial charge is 0.327 e. The van der Waals surface area contributed by atoms with Crippen molar-refractivity contribution in [2.24, 2.45) is 11.7 Å². The van der Waals surface area contributed by atoms with Gasteiger partial charge in [0.2, 0.25) is 0 Å². The third kappa shape index (κ3) is 4.09. The van der Waals surface area contributed by atoms with Gasteiger partial charge in [0.25, 0.3) is 0 Å². The molecule has 0 radical (unpaired) electrons. The average Bonchev–Trinajstić information content (AvgIpc) is 2.01. The highest BCUT2D eigenvalue weighted by atomic mass is 32.2. The van der Waals surface area contributed by atoms with Gasteiger partial charge in [-0.2, -0.15) is 0 Å². The molecular formula is C9H21NO2S. The molecule has 0 aromatic heterocycles. The number of hydrogen-bond donors (Lipinski definition) is 1. The van der Waals surface area contributed by atoms with Gasteiger partial charge >= 0.3 is 0 Å². The van der Waals surface area contributed by atoms with Crippen molar-refractivity contribution < 1.29 is 8.42 Å². The van der Waals surface area contributed by atoms with Crippen LogP contribution in [0.4, 0.5) is 0 Å². The SMILES string of the molecule is CCC(C)S(=O)(=O)CC(N)C(C)C. The van der Waals surface area contributed by atoms with Gasteiger partial charge in [-0.1, -0.05) is 20.8 Å². The van der Waals surface area contributed by atoms with Crippen LogP contribution in [0.1, 0.15) is 34.1 Å². The summed E-state index contributed by atoms with van der Waals surface area (Å²) in [6.45, 7) is 7.50. The molecule has 0 aliphatic rings. The molecule has 0 saturated heterocycles. The van der Waals surface area contributed by atoms with Crippen LogP contribution in [-0.2, 0) is 9.84 Å². The minimum atomic E-state index is -2.98. The predicted molar refractivity (Wildman–Crippen MR) is 56.4 cm³/mol.